The molecule has 0 bridgehead atoms. The first kappa shape index (κ1) is 23.5. The van der Waals surface area contributed by atoms with Gasteiger partial charge in [-0.1, -0.05) is 40.2 Å². The Kier molecular flexibility index (Phi) is 6.19. The summed E-state index contributed by atoms with van der Waals surface area (Å²) in [6, 6.07) is 9.66. The standard InChI is InChI=1S/C22H11BrF6O3/c23-13-8-11(7-12(9-13)21(24,25)26)18(22(27,28)29)10-19(30)16-5-6-17(20(31)32)15-4-2-1-3-14(15)16/h1-10H,(H,31,32)/b18-10-. The molecule has 3 rings (SSSR count). The number of benzene rings is 3. The van der Waals surface area contributed by atoms with Crippen LogP contribution in [0.4, 0.5) is 26.3 Å². The molecule has 32 heavy (non-hydrogen) atoms. The highest BCUT2D eigenvalue weighted by Crippen LogP contribution is 2.39. The van der Waals surface area contributed by atoms with E-state index < -0.39 is 40.8 Å². The molecule has 0 aliphatic heterocycles. The fraction of sp³-hybridized carbons (Fsp3) is 0.0909. The molecule has 166 valence electrons. The van der Waals surface area contributed by atoms with Gasteiger partial charge in [0.2, 0.25) is 0 Å². The number of rotatable bonds is 4. The number of alkyl halides is 6. The highest BCUT2D eigenvalue weighted by Gasteiger charge is 2.38. The molecule has 0 aliphatic carbocycles. The molecule has 10 heteroatoms. The number of hydrogen-bond acceptors (Lipinski definition) is 2. The zero-order valence-electron chi connectivity index (χ0n) is 15.7. The SMILES string of the molecule is O=C(O)c1ccc(C(=O)/C=C(/c2cc(Br)cc(C(F)(F)F)c2)C(F)(F)F)c2ccccc12. The van der Waals surface area contributed by atoms with Crippen LogP contribution >= 0.6 is 15.9 Å². The maximum absolute atomic E-state index is 13.7. The second-order valence-corrected chi connectivity index (χ2v) is 7.57. The van der Waals surface area contributed by atoms with E-state index in [4.69, 9.17) is 0 Å². The molecule has 0 amide bonds. The van der Waals surface area contributed by atoms with Gasteiger partial charge < -0.3 is 5.11 Å². The molecule has 3 aromatic carbocycles. The summed E-state index contributed by atoms with van der Waals surface area (Å²) in [4.78, 5) is 24.2. The van der Waals surface area contributed by atoms with Crippen molar-refractivity contribution in [3.05, 3.63) is 87.4 Å². The van der Waals surface area contributed by atoms with Crippen molar-refractivity contribution in [3.8, 4) is 0 Å². The Morgan fingerprint density at radius 1 is 0.844 bits per heavy atom. The lowest BCUT2D eigenvalue weighted by molar-refractivity contribution is -0.137. The molecule has 3 nitrogen and oxygen atoms in total. The van der Waals surface area contributed by atoms with Crippen molar-refractivity contribution < 1.29 is 41.0 Å². The average Bonchev–Trinajstić information content (AvgIpc) is 2.68. The molecular formula is C22H11BrF6O3. The molecular weight excluding hydrogens is 506 g/mol. The minimum Gasteiger partial charge on any atom is -0.478 e. The normalized spacial score (nSPS) is 12.8. The second kappa shape index (κ2) is 8.42. The van der Waals surface area contributed by atoms with Gasteiger partial charge in [-0.15, -0.1) is 0 Å². The van der Waals surface area contributed by atoms with E-state index in [9.17, 15) is 41.0 Å². The molecule has 0 aliphatic rings. The Bertz CT molecular complexity index is 1260. The molecule has 0 atom stereocenters. The lowest BCUT2D eigenvalue weighted by Crippen LogP contribution is -2.14. The molecule has 0 heterocycles. The number of carboxylic acids is 1. The Labute approximate surface area is 185 Å². The number of fused-ring (bicyclic) bond motifs is 1. The Morgan fingerprint density at radius 3 is 1.94 bits per heavy atom. The third-order valence-electron chi connectivity index (χ3n) is 4.54. The number of ketones is 1. The first-order valence-electron chi connectivity index (χ1n) is 8.75. The highest BCUT2D eigenvalue weighted by molar-refractivity contribution is 9.10. The summed E-state index contributed by atoms with van der Waals surface area (Å²) in [7, 11) is 0. The number of halogens is 7. The fourth-order valence-electron chi connectivity index (χ4n) is 3.15. The largest absolute Gasteiger partial charge is 0.478 e. The van der Waals surface area contributed by atoms with Gasteiger partial charge in [0, 0.05) is 10.0 Å². The van der Waals surface area contributed by atoms with E-state index in [0.717, 1.165) is 18.2 Å². The van der Waals surface area contributed by atoms with Crippen molar-refractivity contribution in [2.45, 2.75) is 12.4 Å². The molecule has 0 saturated carbocycles. The van der Waals surface area contributed by atoms with Crippen LogP contribution in [0.3, 0.4) is 0 Å². The number of aromatic carboxylic acids is 1. The molecule has 1 N–H and O–H groups in total. The van der Waals surface area contributed by atoms with Crippen LogP contribution in [0.2, 0.25) is 0 Å². The van der Waals surface area contributed by atoms with Gasteiger partial charge in [-0.25, -0.2) is 4.79 Å². The van der Waals surface area contributed by atoms with E-state index in [1.54, 1.807) is 0 Å². The van der Waals surface area contributed by atoms with Gasteiger partial charge >= 0.3 is 18.3 Å². The van der Waals surface area contributed by atoms with Crippen LogP contribution in [0.1, 0.15) is 31.8 Å². The lowest BCUT2D eigenvalue weighted by Gasteiger charge is -2.15. The monoisotopic (exact) mass is 516 g/mol. The minimum atomic E-state index is -5.14. The molecule has 0 spiro atoms. The molecule has 3 aromatic rings. The Hall–Kier alpha value is -3.14. The average molecular weight is 517 g/mol. The van der Waals surface area contributed by atoms with Gasteiger partial charge in [0.1, 0.15) is 0 Å². The third-order valence-corrected chi connectivity index (χ3v) is 4.99. The van der Waals surface area contributed by atoms with Crippen LogP contribution in [-0.2, 0) is 6.18 Å². The maximum Gasteiger partial charge on any atom is 0.417 e. The summed E-state index contributed by atoms with van der Waals surface area (Å²) >= 11 is 2.77. The Balaban J connectivity index is 2.20. The van der Waals surface area contributed by atoms with Gasteiger partial charge in [-0.3, -0.25) is 4.79 Å². The number of hydrogen-bond donors (Lipinski definition) is 1. The summed E-state index contributed by atoms with van der Waals surface area (Å²) in [6.45, 7) is 0. The van der Waals surface area contributed by atoms with Crippen molar-refractivity contribution >= 4 is 44.0 Å². The number of carbonyl (C=O) groups excluding carboxylic acids is 1. The summed E-state index contributed by atoms with van der Waals surface area (Å²) in [5.74, 6) is -2.43. The first-order valence-corrected chi connectivity index (χ1v) is 9.55. The smallest absolute Gasteiger partial charge is 0.417 e. The van der Waals surface area contributed by atoms with Crippen molar-refractivity contribution in [2.75, 3.05) is 0 Å². The first-order chi connectivity index (χ1) is 14.8. The molecule has 0 fully saturated rings. The van der Waals surface area contributed by atoms with Gasteiger partial charge in [0.15, 0.2) is 5.78 Å². The van der Waals surface area contributed by atoms with E-state index in [1.165, 1.54) is 24.3 Å². The summed E-state index contributed by atoms with van der Waals surface area (Å²) in [5, 5.41) is 9.52. The minimum absolute atomic E-state index is 0.0976. The predicted octanol–water partition coefficient (Wildman–Crippen LogP) is 7.15. The van der Waals surface area contributed by atoms with Crippen LogP contribution in [0, 0.1) is 0 Å². The summed E-state index contributed by atoms with van der Waals surface area (Å²) in [6.07, 6.45) is -9.83. The van der Waals surface area contributed by atoms with E-state index >= 15 is 0 Å². The van der Waals surface area contributed by atoms with Crippen LogP contribution in [-0.4, -0.2) is 23.0 Å². The Morgan fingerprint density at radius 2 is 1.41 bits per heavy atom. The van der Waals surface area contributed by atoms with Crippen molar-refractivity contribution in [1.82, 2.24) is 0 Å². The second-order valence-electron chi connectivity index (χ2n) is 6.66. The summed E-state index contributed by atoms with van der Waals surface area (Å²) in [5.41, 5.74) is -4.11. The third kappa shape index (κ3) is 4.85. The topological polar surface area (TPSA) is 54.4 Å². The number of carbonyl (C=O) groups is 2. The maximum atomic E-state index is 13.7. The summed E-state index contributed by atoms with van der Waals surface area (Å²) < 4.78 is 80.2. The molecule has 0 saturated heterocycles. The van der Waals surface area contributed by atoms with E-state index in [2.05, 4.69) is 15.9 Å². The predicted molar refractivity (Wildman–Crippen MR) is 108 cm³/mol. The van der Waals surface area contributed by atoms with E-state index in [1.807, 2.05) is 0 Å². The van der Waals surface area contributed by atoms with Gasteiger partial charge in [0.25, 0.3) is 0 Å². The van der Waals surface area contributed by atoms with Crippen molar-refractivity contribution in [1.29, 1.82) is 0 Å². The zero-order chi connectivity index (χ0) is 23.8. The molecule has 0 aromatic heterocycles. The fourth-order valence-corrected chi connectivity index (χ4v) is 3.64. The van der Waals surface area contributed by atoms with Crippen LogP contribution < -0.4 is 0 Å². The highest BCUT2D eigenvalue weighted by atomic mass is 79.9. The van der Waals surface area contributed by atoms with E-state index in [-0.39, 0.29) is 32.4 Å². The van der Waals surface area contributed by atoms with Crippen molar-refractivity contribution in [2.24, 2.45) is 0 Å². The van der Waals surface area contributed by atoms with Gasteiger partial charge in [0.05, 0.1) is 16.7 Å². The van der Waals surface area contributed by atoms with Crippen LogP contribution in [0.5, 0.6) is 0 Å². The van der Waals surface area contributed by atoms with E-state index in [0.29, 0.717) is 12.1 Å². The molecule has 0 radical (unpaired) electrons. The zero-order valence-corrected chi connectivity index (χ0v) is 17.3. The number of carboxylic acid groups (broad SMARTS) is 1. The van der Waals surface area contributed by atoms with Gasteiger partial charge in [-0.05, 0) is 52.7 Å². The van der Waals surface area contributed by atoms with Crippen LogP contribution in [0.15, 0.2) is 65.1 Å². The van der Waals surface area contributed by atoms with Crippen LogP contribution in [0.25, 0.3) is 16.3 Å². The van der Waals surface area contributed by atoms with Gasteiger partial charge in [-0.2, -0.15) is 26.3 Å². The number of allylic oxidation sites excluding steroid dienone is 2. The lowest BCUT2D eigenvalue weighted by atomic mass is 9.94. The quantitative estimate of drug-likeness (QED) is 0.227. The van der Waals surface area contributed by atoms with Crippen molar-refractivity contribution in [3.63, 3.8) is 0 Å². The molecule has 0 unspecified atom stereocenters.